The van der Waals surface area contributed by atoms with Crippen LogP contribution in [0.4, 0.5) is 0 Å². The smallest absolute Gasteiger partial charge is 0.269 e. The first-order valence-electron chi connectivity index (χ1n) is 17.1. The topological polar surface area (TPSA) is 90.5 Å². The van der Waals surface area contributed by atoms with Gasteiger partial charge in [-0.15, -0.1) is 24.1 Å². The summed E-state index contributed by atoms with van der Waals surface area (Å²) in [7, 11) is 1.74. The van der Waals surface area contributed by atoms with Gasteiger partial charge in [0.25, 0.3) is 11.8 Å². The van der Waals surface area contributed by atoms with E-state index in [1.54, 1.807) is 23.7 Å². The number of thioether (sulfide) groups is 1. The van der Waals surface area contributed by atoms with Crippen molar-refractivity contribution in [3.8, 4) is 12.3 Å². The molecule has 0 spiro atoms. The van der Waals surface area contributed by atoms with Crippen LogP contribution in [-0.2, 0) is 14.4 Å². The molecule has 5 fully saturated rings. The molecule has 6 aliphatic rings. The van der Waals surface area contributed by atoms with Crippen molar-refractivity contribution < 1.29 is 14.4 Å². The quantitative estimate of drug-likeness (QED) is 0.191. The number of fused-ring (bicyclic) bond motifs is 6. The van der Waals surface area contributed by atoms with E-state index < -0.39 is 6.04 Å². The van der Waals surface area contributed by atoms with Crippen molar-refractivity contribution in [2.75, 3.05) is 12.8 Å². The maximum absolute atomic E-state index is 13.2. The maximum Gasteiger partial charge on any atom is 0.269 e. The third-order valence-electron chi connectivity index (χ3n) is 12.7. The van der Waals surface area contributed by atoms with E-state index in [1.165, 1.54) is 64.2 Å². The van der Waals surface area contributed by atoms with Crippen molar-refractivity contribution in [1.82, 2.24) is 20.9 Å². The van der Waals surface area contributed by atoms with Crippen LogP contribution >= 0.6 is 11.8 Å². The zero-order chi connectivity index (χ0) is 30.3. The molecule has 236 valence electrons. The lowest BCUT2D eigenvalue weighted by Crippen LogP contribution is -2.71. The number of amides is 3. The zero-order valence-electron chi connectivity index (χ0n) is 26.5. The van der Waals surface area contributed by atoms with Crippen LogP contribution in [0, 0.1) is 53.3 Å². The first-order valence-corrected chi connectivity index (χ1v) is 18.2. The molecule has 6 rings (SSSR count). The minimum Gasteiger partial charge on any atom is -0.342 e. The van der Waals surface area contributed by atoms with Gasteiger partial charge in [0.1, 0.15) is 17.1 Å². The van der Waals surface area contributed by atoms with Gasteiger partial charge >= 0.3 is 0 Å². The van der Waals surface area contributed by atoms with E-state index in [0.717, 1.165) is 53.9 Å². The van der Waals surface area contributed by atoms with Gasteiger partial charge in [0, 0.05) is 18.6 Å². The Balaban J connectivity index is 0.988. The molecular formula is C35H52N4O3S. The van der Waals surface area contributed by atoms with E-state index in [-0.39, 0.29) is 29.3 Å². The van der Waals surface area contributed by atoms with E-state index in [4.69, 9.17) is 6.42 Å². The van der Waals surface area contributed by atoms with E-state index >= 15 is 0 Å². The number of hydrogen-bond acceptors (Lipinski definition) is 5. The molecule has 0 aromatic carbocycles. The Kier molecular flexibility index (Phi) is 9.23. The highest BCUT2D eigenvalue weighted by Crippen LogP contribution is 2.64. The van der Waals surface area contributed by atoms with Crippen molar-refractivity contribution in [2.24, 2.45) is 40.9 Å². The molecule has 2 aliphatic heterocycles. The highest BCUT2D eigenvalue weighted by molar-refractivity contribution is 8.00. The number of carbonyl (C=O) groups is 3. The first-order chi connectivity index (χ1) is 20.8. The van der Waals surface area contributed by atoms with Crippen molar-refractivity contribution in [3.63, 3.8) is 0 Å². The van der Waals surface area contributed by atoms with Crippen LogP contribution in [0.25, 0.3) is 0 Å². The second-order valence-corrected chi connectivity index (χ2v) is 15.8. The summed E-state index contributed by atoms with van der Waals surface area (Å²) < 4.78 is 0. The summed E-state index contributed by atoms with van der Waals surface area (Å²) in [5.74, 6) is 8.20. The van der Waals surface area contributed by atoms with Gasteiger partial charge in [0.15, 0.2) is 0 Å². The third-order valence-corrected chi connectivity index (χ3v) is 14.1. The summed E-state index contributed by atoms with van der Waals surface area (Å²) in [6, 6.07) is -0.572. The Hall–Kier alpha value is -1.98. The lowest BCUT2D eigenvalue weighted by Gasteiger charge is -2.56. The third kappa shape index (κ3) is 5.67. The molecule has 43 heavy (non-hydrogen) atoms. The summed E-state index contributed by atoms with van der Waals surface area (Å²) in [5.41, 5.74) is 1.69. The van der Waals surface area contributed by atoms with Crippen molar-refractivity contribution in [1.29, 1.82) is 0 Å². The lowest BCUT2D eigenvalue weighted by molar-refractivity contribution is -0.148. The molecule has 0 aromatic heterocycles. The van der Waals surface area contributed by atoms with Crippen LogP contribution in [0.3, 0.4) is 0 Å². The summed E-state index contributed by atoms with van der Waals surface area (Å²) >= 11 is 1.61. The van der Waals surface area contributed by atoms with Gasteiger partial charge in [-0.1, -0.05) is 26.2 Å². The maximum atomic E-state index is 13.2. The van der Waals surface area contributed by atoms with Gasteiger partial charge in [0.05, 0.1) is 6.17 Å². The standard InChI is InChI=1S/C35H52N4O3S/c1-5-9-28(36-4)37-32(41)31-21(2)20-43-34-30(33(42)39(31)34)38-29(40)13-8-11-23-15-17-27-26-16-14-22-10-6-7-12-24(22)25(26)18-19-35(23,27)3/h1,22-28,30,34,36H,6-20H2,2-4H3,(H,37,41)(H,38,40)/t22?,23?,24-,25?,26?,27?,28?,30?,34?,35?/m1/s1. The average molecular weight is 609 g/mol. The number of hydrogen-bond donors (Lipinski definition) is 3. The fourth-order valence-corrected chi connectivity index (χ4v) is 11.8. The molecule has 4 aliphatic carbocycles. The molecule has 7 nitrogen and oxygen atoms in total. The molecule has 0 radical (unpaired) electrons. The van der Waals surface area contributed by atoms with Gasteiger partial charge in [-0.05, 0) is 118 Å². The Bertz CT molecular complexity index is 1180. The normalized spacial score (nSPS) is 38.9. The molecule has 1 saturated heterocycles. The van der Waals surface area contributed by atoms with Crippen LogP contribution in [0.5, 0.6) is 0 Å². The second kappa shape index (κ2) is 12.8. The zero-order valence-corrected chi connectivity index (χ0v) is 27.3. The lowest BCUT2D eigenvalue weighted by atomic mass is 9.49. The minimum atomic E-state index is -0.572. The molecular weight excluding hydrogens is 556 g/mol. The summed E-state index contributed by atoms with van der Waals surface area (Å²) in [6.07, 6.45) is 22.2. The van der Waals surface area contributed by atoms with Crippen molar-refractivity contribution >= 4 is 29.5 Å². The number of terminal acetylenes is 1. The first kappa shape index (κ1) is 31.0. The molecule has 3 N–H and O–H groups in total. The Labute approximate surface area is 262 Å². The van der Waals surface area contributed by atoms with Crippen LogP contribution in [0.2, 0.25) is 0 Å². The number of β-lactam (4-membered cyclic amide) rings is 1. The highest BCUT2D eigenvalue weighted by Gasteiger charge is 2.57. The molecule has 10 atom stereocenters. The Morgan fingerprint density at radius 2 is 1.91 bits per heavy atom. The summed E-state index contributed by atoms with van der Waals surface area (Å²) in [4.78, 5) is 40.9. The van der Waals surface area contributed by atoms with Crippen LogP contribution in [0.15, 0.2) is 11.3 Å². The number of nitrogens with one attached hydrogen (secondary N) is 3. The Morgan fingerprint density at radius 1 is 1.09 bits per heavy atom. The monoisotopic (exact) mass is 608 g/mol. The largest absolute Gasteiger partial charge is 0.342 e. The number of carbonyl (C=O) groups excluding carboxylic acids is 3. The Morgan fingerprint density at radius 3 is 2.70 bits per heavy atom. The second-order valence-electron chi connectivity index (χ2n) is 14.7. The van der Waals surface area contributed by atoms with E-state index in [9.17, 15) is 14.4 Å². The average Bonchev–Trinajstić information content (AvgIpc) is 3.35. The molecule has 9 unspecified atom stereocenters. The molecule has 2 heterocycles. The molecule has 4 saturated carbocycles. The van der Waals surface area contributed by atoms with Crippen molar-refractivity contribution in [3.05, 3.63) is 11.3 Å². The molecule has 0 bridgehead atoms. The fraction of sp³-hybridized carbons (Fsp3) is 0.800. The highest BCUT2D eigenvalue weighted by atomic mass is 32.2. The summed E-state index contributed by atoms with van der Waals surface area (Å²) in [5, 5.41) is 8.67. The van der Waals surface area contributed by atoms with Gasteiger partial charge in [0.2, 0.25) is 5.91 Å². The number of rotatable bonds is 9. The van der Waals surface area contributed by atoms with E-state index in [0.29, 0.717) is 29.7 Å². The van der Waals surface area contributed by atoms with Crippen molar-refractivity contribution in [2.45, 2.75) is 121 Å². The van der Waals surface area contributed by atoms with E-state index in [2.05, 4.69) is 28.8 Å². The van der Waals surface area contributed by atoms with Gasteiger partial charge in [-0.25, -0.2) is 0 Å². The van der Waals surface area contributed by atoms with Gasteiger partial charge in [-0.2, -0.15) is 0 Å². The van der Waals surface area contributed by atoms with Crippen LogP contribution in [-0.4, -0.2) is 53.0 Å². The van der Waals surface area contributed by atoms with Gasteiger partial charge in [-0.3, -0.25) is 24.6 Å². The van der Waals surface area contributed by atoms with E-state index in [1.807, 2.05) is 6.92 Å². The fourth-order valence-electron chi connectivity index (χ4n) is 10.5. The summed E-state index contributed by atoms with van der Waals surface area (Å²) in [6.45, 7) is 4.48. The predicted molar refractivity (Wildman–Crippen MR) is 171 cm³/mol. The molecule has 3 amide bonds. The number of nitrogens with zero attached hydrogens (tertiary/aromatic N) is 1. The minimum absolute atomic E-state index is 0.0424. The molecule has 8 heteroatoms. The predicted octanol–water partition coefficient (Wildman–Crippen LogP) is 5.17. The molecule has 0 aromatic rings. The van der Waals surface area contributed by atoms with Crippen LogP contribution in [0.1, 0.15) is 104 Å². The van der Waals surface area contributed by atoms with Crippen LogP contribution < -0.4 is 16.0 Å². The van der Waals surface area contributed by atoms with Gasteiger partial charge < -0.3 is 10.6 Å². The SMILES string of the molecule is C#CCC(NC)NC(=O)C1=C(C)CSC2C(NC(=O)CCCC3CCC4C5CCC6CCCC[C@H]6C5CCC34C)C(=O)N12.